The van der Waals surface area contributed by atoms with Crippen LogP contribution in [0.2, 0.25) is 0 Å². The van der Waals surface area contributed by atoms with E-state index in [9.17, 15) is 9.59 Å². The molecule has 0 rings (SSSR count). The number of carbonyl (C=O) groups is 2. The molecule has 0 spiro atoms. The molecular formula is C7H12O3. The summed E-state index contributed by atoms with van der Waals surface area (Å²) >= 11 is 0. The highest BCUT2D eigenvalue weighted by atomic mass is 16.5. The van der Waals surface area contributed by atoms with E-state index in [1.165, 1.54) is 14.0 Å². The molecule has 0 amide bonds. The number of Topliss-reactive ketones (excluding diaryl/α,β-unsaturated/α-hetero) is 2. The topological polar surface area (TPSA) is 43.4 Å². The van der Waals surface area contributed by atoms with Crippen LogP contribution in [0.4, 0.5) is 0 Å². The molecule has 10 heavy (non-hydrogen) atoms. The number of hydrogen-bond acceptors (Lipinski definition) is 3. The van der Waals surface area contributed by atoms with Crippen LogP contribution in [-0.2, 0) is 14.3 Å². The van der Waals surface area contributed by atoms with Gasteiger partial charge in [0.15, 0.2) is 5.78 Å². The van der Waals surface area contributed by atoms with E-state index >= 15 is 0 Å². The van der Waals surface area contributed by atoms with Crippen LogP contribution in [-0.4, -0.2) is 24.8 Å². The lowest BCUT2D eigenvalue weighted by molar-refractivity contribution is -0.132. The third kappa shape index (κ3) is 3.35. The predicted octanol–water partition coefficient (Wildman–Crippen LogP) is 0.569. The molecular weight excluding hydrogens is 132 g/mol. The highest BCUT2D eigenvalue weighted by Crippen LogP contribution is 1.95. The van der Waals surface area contributed by atoms with Crippen LogP contribution >= 0.6 is 0 Å². The second kappa shape index (κ2) is 4.17. The highest BCUT2D eigenvalue weighted by Gasteiger charge is 2.12. The summed E-state index contributed by atoms with van der Waals surface area (Å²) in [7, 11) is 1.45. The summed E-state index contributed by atoms with van der Waals surface area (Å²) in [6.07, 6.45) is -0.474. The van der Waals surface area contributed by atoms with Crippen molar-refractivity contribution in [3.8, 4) is 0 Å². The van der Waals surface area contributed by atoms with E-state index in [1.54, 1.807) is 6.92 Å². The van der Waals surface area contributed by atoms with Crippen LogP contribution < -0.4 is 0 Å². The van der Waals surface area contributed by atoms with Crippen molar-refractivity contribution in [1.29, 1.82) is 0 Å². The van der Waals surface area contributed by atoms with Crippen LogP contribution in [0.5, 0.6) is 0 Å². The molecule has 0 radical (unpaired) electrons. The zero-order valence-electron chi connectivity index (χ0n) is 6.51. The van der Waals surface area contributed by atoms with Crippen molar-refractivity contribution in [1.82, 2.24) is 0 Å². The van der Waals surface area contributed by atoms with Crippen molar-refractivity contribution in [3.63, 3.8) is 0 Å². The minimum absolute atomic E-state index is 0.0188. The maximum Gasteiger partial charge on any atom is 0.168 e. The van der Waals surface area contributed by atoms with E-state index in [0.29, 0.717) is 0 Å². The Morgan fingerprint density at radius 2 is 2.00 bits per heavy atom. The van der Waals surface area contributed by atoms with Crippen molar-refractivity contribution in [3.05, 3.63) is 0 Å². The molecule has 58 valence electrons. The lowest BCUT2D eigenvalue weighted by Crippen LogP contribution is -2.20. The quantitative estimate of drug-likeness (QED) is 0.542. The molecule has 0 N–H and O–H groups in total. The van der Waals surface area contributed by atoms with Gasteiger partial charge in [-0.05, 0) is 13.8 Å². The Kier molecular flexibility index (Phi) is 3.88. The summed E-state index contributed by atoms with van der Waals surface area (Å²) in [4.78, 5) is 21.2. The Labute approximate surface area is 60.4 Å². The van der Waals surface area contributed by atoms with Gasteiger partial charge >= 0.3 is 0 Å². The molecule has 0 saturated carbocycles. The SMILES string of the molecule is COC(C)C(=O)CC(C)=O. The summed E-state index contributed by atoms with van der Waals surface area (Å²) in [5.41, 5.74) is 0. The van der Waals surface area contributed by atoms with Gasteiger partial charge in [-0.15, -0.1) is 0 Å². The van der Waals surface area contributed by atoms with E-state index in [0.717, 1.165) is 0 Å². The van der Waals surface area contributed by atoms with Gasteiger partial charge in [-0.2, -0.15) is 0 Å². The van der Waals surface area contributed by atoms with Gasteiger partial charge in [-0.3, -0.25) is 9.59 Å². The van der Waals surface area contributed by atoms with Gasteiger partial charge in [0.2, 0.25) is 0 Å². The molecule has 0 heterocycles. The third-order valence-corrected chi connectivity index (χ3v) is 1.23. The maximum absolute atomic E-state index is 10.8. The summed E-state index contributed by atoms with van der Waals surface area (Å²) in [6.45, 7) is 3.02. The number of carbonyl (C=O) groups excluding carboxylic acids is 2. The second-order valence-electron chi connectivity index (χ2n) is 2.22. The fourth-order valence-corrected chi connectivity index (χ4v) is 0.521. The zero-order chi connectivity index (χ0) is 8.15. The number of ether oxygens (including phenoxy) is 1. The van der Waals surface area contributed by atoms with Crippen LogP contribution in [0, 0.1) is 0 Å². The molecule has 0 aromatic heterocycles. The van der Waals surface area contributed by atoms with E-state index < -0.39 is 6.10 Å². The van der Waals surface area contributed by atoms with E-state index in [1.807, 2.05) is 0 Å². The lowest BCUT2D eigenvalue weighted by atomic mass is 10.1. The molecule has 0 aromatic carbocycles. The predicted molar refractivity (Wildman–Crippen MR) is 36.8 cm³/mol. The smallest absolute Gasteiger partial charge is 0.168 e. The molecule has 0 aliphatic carbocycles. The van der Waals surface area contributed by atoms with Crippen LogP contribution in [0.15, 0.2) is 0 Å². The monoisotopic (exact) mass is 144 g/mol. The Morgan fingerprint density at radius 1 is 1.50 bits per heavy atom. The Morgan fingerprint density at radius 3 is 2.30 bits per heavy atom. The number of methoxy groups -OCH3 is 1. The van der Waals surface area contributed by atoms with Gasteiger partial charge < -0.3 is 4.74 Å². The van der Waals surface area contributed by atoms with E-state index in [2.05, 4.69) is 0 Å². The van der Waals surface area contributed by atoms with Gasteiger partial charge in [-0.1, -0.05) is 0 Å². The van der Waals surface area contributed by atoms with Gasteiger partial charge in [0, 0.05) is 7.11 Å². The first-order chi connectivity index (χ1) is 4.57. The molecule has 0 fully saturated rings. The lowest BCUT2D eigenvalue weighted by Gasteiger charge is -2.04. The van der Waals surface area contributed by atoms with Crippen molar-refractivity contribution >= 4 is 11.6 Å². The summed E-state index contributed by atoms with van der Waals surface area (Å²) < 4.78 is 4.71. The van der Waals surface area contributed by atoms with Gasteiger partial charge in [-0.25, -0.2) is 0 Å². The average molecular weight is 144 g/mol. The molecule has 0 bridgehead atoms. The molecule has 0 aliphatic rings. The highest BCUT2D eigenvalue weighted by molar-refractivity contribution is 5.99. The number of ketones is 2. The molecule has 1 unspecified atom stereocenters. The molecule has 0 saturated heterocycles. The first-order valence-electron chi connectivity index (χ1n) is 3.13. The van der Waals surface area contributed by atoms with Crippen LogP contribution in [0.1, 0.15) is 20.3 Å². The van der Waals surface area contributed by atoms with Gasteiger partial charge in [0.1, 0.15) is 11.9 Å². The molecule has 1 atom stereocenters. The van der Waals surface area contributed by atoms with Crippen molar-refractivity contribution in [2.24, 2.45) is 0 Å². The zero-order valence-corrected chi connectivity index (χ0v) is 6.51. The Bertz CT molecular complexity index is 140. The largest absolute Gasteiger partial charge is 0.374 e. The first-order valence-corrected chi connectivity index (χ1v) is 3.13. The third-order valence-electron chi connectivity index (χ3n) is 1.23. The standard InChI is InChI=1S/C7H12O3/c1-5(8)4-7(9)6(2)10-3/h6H,4H2,1-3H3. The minimum Gasteiger partial charge on any atom is -0.374 e. The molecule has 0 aliphatic heterocycles. The van der Waals surface area contributed by atoms with E-state index in [-0.39, 0.29) is 18.0 Å². The second-order valence-corrected chi connectivity index (χ2v) is 2.22. The van der Waals surface area contributed by atoms with Crippen molar-refractivity contribution in [2.45, 2.75) is 26.4 Å². The van der Waals surface area contributed by atoms with Crippen LogP contribution in [0.25, 0.3) is 0 Å². The Hall–Kier alpha value is -0.700. The maximum atomic E-state index is 10.8. The summed E-state index contributed by atoms with van der Waals surface area (Å²) in [6, 6.07) is 0. The minimum atomic E-state index is -0.455. The molecule has 0 aromatic rings. The fourth-order valence-electron chi connectivity index (χ4n) is 0.521. The fraction of sp³-hybridized carbons (Fsp3) is 0.714. The van der Waals surface area contributed by atoms with Gasteiger partial charge in [0.25, 0.3) is 0 Å². The number of hydrogen-bond donors (Lipinski definition) is 0. The average Bonchev–Trinajstić information content (AvgIpc) is 1.85. The number of rotatable bonds is 4. The van der Waals surface area contributed by atoms with Crippen LogP contribution in [0.3, 0.4) is 0 Å². The summed E-state index contributed by atoms with van der Waals surface area (Å²) in [5, 5.41) is 0. The first kappa shape index (κ1) is 9.30. The van der Waals surface area contributed by atoms with Crippen molar-refractivity contribution in [2.75, 3.05) is 7.11 Å². The summed E-state index contributed by atoms with van der Waals surface area (Å²) in [5.74, 6) is -0.274. The van der Waals surface area contributed by atoms with Gasteiger partial charge in [0.05, 0.1) is 6.42 Å². The van der Waals surface area contributed by atoms with E-state index in [4.69, 9.17) is 4.74 Å². The molecule has 3 nitrogen and oxygen atoms in total. The van der Waals surface area contributed by atoms with Crippen molar-refractivity contribution < 1.29 is 14.3 Å². The molecule has 3 heteroatoms. The Balaban J connectivity index is 3.73. The normalized spacial score (nSPS) is 12.7.